The molecule has 1 rings (SSSR count). The zero-order chi connectivity index (χ0) is 16.1. The van der Waals surface area contributed by atoms with Crippen LogP contribution in [-0.4, -0.2) is 25.2 Å². The topological polar surface area (TPSA) is 52.6 Å². The normalized spacial score (nSPS) is 26.0. The van der Waals surface area contributed by atoms with Crippen molar-refractivity contribution >= 4 is 11.9 Å². The van der Waals surface area contributed by atoms with E-state index in [1.807, 2.05) is 27.7 Å². The van der Waals surface area contributed by atoms with Crippen LogP contribution in [0.5, 0.6) is 0 Å². The Morgan fingerprint density at radius 3 is 2.52 bits per heavy atom. The number of esters is 2. The van der Waals surface area contributed by atoms with Crippen molar-refractivity contribution in [3.8, 4) is 0 Å². The zero-order valence-corrected chi connectivity index (χ0v) is 14.2. The van der Waals surface area contributed by atoms with Crippen LogP contribution in [0, 0.1) is 16.7 Å². The second-order valence-electron chi connectivity index (χ2n) is 7.30. The first-order chi connectivity index (χ1) is 9.74. The van der Waals surface area contributed by atoms with Crippen LogP contribution in [0.3, 0.4) is 0 Å². The number of hydrogen-bond donors (Lipinski definition) is 0. The zero-order valence-electron chi connectivity index (χ0n) is 14.2. The van der Waals surface area contributed by atoms with Crippen LogP contribution in [-0.2, 0) is 19.1 Å². The number of rotatable bonds is 7. The molecule has 1 aliphatic heterocycles. The van der Waals surface area contributed by atoms with E-state index in [-0.39, 0.29) is 23.3 Å². The Balaban J connectivity index is 2.53. The van der Waals surface area contributed by atoms with Gasteiger partial charge >= 0.3 is 11.9 Å². The molecule has 1 saturated heterocycles. The van der Waals surface area contributed by atoms with Crippen LogP contribution in [0.25, 0.3) is 0 Å². The first-order valence-electron chi connectivity index (χ1n) is 8.08. The van der Waals surface area contributed by atoms with E-state index in [0.717, 1.165) is 25.7 Å². The molecule has 0 radical (unpaired) electrons. The van der Waals surface area contributed by atoms with Gasteiger partial charge in [-0.25, -0.2) is 0 Å². The summed E-state index contributed by atoms with van der Waals surface area (Å²) in [6.45, 7) is 10.6. The highest BCUT2D eigenvalue weighted by Crippen LogP contribution is 2.40. The second-order valence-corrected chi connectivity index (χ2v) is 7.30. The first kappa shape index (κ1) is 18.0. The lowest BCUT2D eigenvalue weighted by molar-refractivity contribution is -0.176. The van der Waals surface area contributed by atoms with Gasteiger partial charge in [0.1, 0.15) is 0 Å². The van der Waals surface area contributed by atoms with E-state index in [4.69, 9.17) is 9.47 Å². The fraction of sp³-hybridized carbons (Fsp3) is 0.882. The molecule has 1 fully saturated rings. The highest BCUT2D eigenvalue weighted by atomic mass is 16.6. The van der Waals surface area contributed by atoms with Gasteiger partial charge in [0.25, 0.3) is 0 Å². The molecule has 21 heavy (non-hydrogen) atoms. The highest BCUT2D eigenvalue weighted by Gasteiger charge is 2.44. The Morgan fingerprint density at radius 2 is 2.00 bits per heavy atom. The molecule has 4 nitrogen and oxygen atoms in total. The molecule has 122 valence electrons. The molecule has 0 amide bonds. The van der Waals surface area contributed by atoms with E-state index in [9.17, 15) is 9.59 Å². The molecule has 2 atom stereocenters. The Hall–Kier alpha value is -1.06. The van der Waals surface area contributed by atoms with Gasteiger partial charge in [-0.2, -0.15) is 0 Å². The van der Waals surface area contributed by atoms with Crippen molar-refractivity contribution in [3.63, 3.8) is 0 Å². The maximum absolute atomic E-state index is 12.2. The molecule has 1 aliphatic rings. The molecule has 0 aromatic heterocycles. The van der Waals surface area contributed by atoms with Gasteiger partial charge in [-0.3, -0.25) is 9.59 Å². The minimum Gasteiger partial charge on any atom is -0.465 e. The van der Waals surface area contributed by atoms with Crippen molar-refractivity contribution < 1.29 is 19.1 Å². The Labute approximate surface area is 128 Å². The van der Waals surface area contributed by atoms with Crippen molar-refractivity contribution in [1.82, 2.24) is 0 Å². The van der Waals surface area contributed by atoms with Crippen LogP contribution < -0.4 is 0 Å². The highest BCUT2D eigenvalue weighted by molar-refractivity contribution is 5.77. The van der Waals surface area contributed by atoms with Crippen molar-refractivity contribution in [2.75, 3.05) is 13.2 Å². The van der Waals surface area contributed by atoms with E-state index in [0.29, 0.717) is 19.6 Å². The van der Waals surface area contributed by atoms with Crippen molar-refractivity contribution in [1.29, 1.82) is 0 Å². The SMILES string of the molecule is CCCCC(CC)C(=O)OCC1(C)COC(=O)C(C)(C)C1. The third kappa shape index (κ3) is 5.01. The maximum Gasteiger partial charge on any atom is 0.311 e. The summed E-state index contributed by atoms with van der Waals surface area (Å²) in [5.41, 5.74) is -0.790. The minimum absolute atomic E-state index is 0.00676. The third-order valence-corrected chi connectivity index (χ3v) is 4.27. The Bertz CT molecular complexity index is 375. The van der Waals surface area contributed by atoms with Crippen LogP contribution in [0.1, 0.15) is 66.7 Å². The average molecular weight is 298 g/mol. The summed E-state index contributed by atoms with van der Waals surface area (Å²) in [5.74, 6) is -0.282. The minimum atomic E-state index is -0.508. The van der Waals surface area contributed by atoms with Gasteiger partial charge in [0.2, 0.25) is 0 Å². The fourth-order valence-electron chi connectivity index (χ4n) is 3.02. The van der Waals surface area contributed by atoms with Crippen LogP contribution >= 0.6 is 0 Å². The average Bonchev–Trinajstić information content (AvgIpc) is 2.42. The summed E-state index contributed by atoms with van der Waals surface area (Å²) < 4.78 is 10.8. The maximum atomic E-state index is 12.2. The van der Waals surface area contributed by atoms with Gasteiger partial charge in [-0.1, -0.05) is 33.6 Å². The monoisotopic (exact) mass is 298 g/mol. The lowest BCUT2D eigenvalue weighted by Gasteiger charge is -2.40. The molecule has 0 N–H and O–H groups in total. The van der Waals surface area contributed by atoms with Gasteiger partial charge in [0, 0.05) is 5.41 Å². The molecule has 4 heteroatoms. The molecule has 0 aliphatic carbocycles. The van der Waals surface area contributed by atoms with Crippen LogP contribution in [0.2, 0.25) is 0 Å². The summed E-state index contributed by atoms with van der Waals surface area (Å²) in [6.07, 6.45) is 4.53. The molecule has 1 heterocycles. The molecular weight excluding hydrogens is 268 g/mol. The van der Waals surface area contributed by atoms with Gasteiger partial charge < -0.3 is 9.47 Å². The predicted octanol–water partition coefficient (Wildman–Crippen LogP) is 3.73. The number of carbonyl (C=O) groups excluding carboxylic acids is 2. The Kier molecular flexibility index (Phi) is 6.24. The van der Waals surface area contributed by atoms with Gasteiger partial charge in [-0.05, 0) is 33.1 Å². The standard InChI is InChI=1S/C17H30O4/c1-6-8-9-13(7-2)14(18)20-11-17(5)10-16(3,4)15(19)21-12-17/h13H,6-12H2,1-5H3. The molecule has 0 aromatic carbocycles. The van der Waals surface area contributed by atoms with E-state index in [2.05, 4.69) is 6.92 Å². The van der Waals surface area contributed by atoms with E-state index >= 15 is 0 Å². The third-order valence-electron chi connectivity index (χ3n) is 4.27. The Morgan fingerprint density at radius 1 is 1.33 bits per heavy atom. The smallest absolute Gasteiger partial charge is 0.311 e. The molecular formula is C17H30O4. The number of hydrogen-bond acceptors (Lipinski definition) is 4. The number of unbranched alkanes of at least 4 members (excludes halogenated alkanes) is 1. The number of cyclic esters (lactones) is 1. The largest absolute Gasteiger partial charge is 0.465 e. The predicted molar refractivity (Wildman–Crippen MR) is 81.7 cm³/mol. The second kappa shape index (κ2) is 7.28. The quantitative estimate of drug-likeness (QED) is 0.672. The van der Waals surface area contributed by atoms with Crippen molar-refractivity contribution in [2.24, 2.45) is 16.7 Å². The summed E-state index contributed by atoms with van der Waals surface area (Å²) in [5, 5.41) is 0. The molecule has 0 spiro atoms. The summed E-state index contributed by atoms with van der Waals surface area (Å²) in [6, 6.07) is 0. The van der Waals surface area contributed by atoms with Gasteiger partial charge in [0.05, 0.1) is 24.5 Å². The van der Waals surface area contributed by atoms with Crippen LogP contribution in [0.4, 0.5) is 0 Å². The molecule has 0 aromatic rings. The summed E-state index contributed by atoms with van der Waals surface area (Å²) in [7, 11) is 0. The lowest BCUT2D eigenvalue weighted by Crippen LogP contribution is -2.45. The fourth-order valence-corrected chi connectivity index (χ4v) is 3.02. The van der Waals surface area contributed by atoms with Crippen molar-refractivity contribution in [2.45, 2.75) is 66.7 Å². The molecule has 0 saturated carbocycles. The number of carbonyl (C=O) groups is 2. The van der Waals surface area contributed by atoms with E-state index < -0.39 is 5.41 Å². The van der Waals surface area contributed by atoms with Crippen LogP contribution in [0.15, 0.2) is 0 Å². The van der Waals surface area contributed by atoms with E-state index in [1.165, 1.54) is 0 Å². The summed E-state index contributed by atoms with van der Waals surface area (Å²) >= 11 is 0. The molecule has 2 unspecified atom stereocenters. The van der Waals surface area contributed by atoms with E-state index in [1.54, 1.807) is 0 Å². The number of ether oxygens (including phenoxy) is 2. The lowest BCUT2D eigenvalue weighted by atomic mass is 9.73. The van der Waals surface area contributed by atoms with Gasteiger partial charge in [-0.15, -0.1) is 0 Å². The first-order valence-corrected chi connectivity index (χ1v) is 8.08. The van der Waals surface area contributed by atoms with Crippen molar-refractivity contribution in [3.05, 3.63) is 0 Å². The molecule has 0 bridgehead atoms. The van der Waals surface area contributed by atoms with Gasteiger partial charge in [0.15, 0.2) is 0 Å². The summed E-state index contributed by atoms with van der Waals surface area (Å²) in [4.78, 5) is 23.8.